The maximum atomic E-state index is 12.6. The zero-order valence-corrected chi connectivity index (χ0v) is 14.0. The summed E-state index contributed by atoms with van der Waals surface area (Å²) in [5.74, 6) is 1.27. The second-order valence-corrected chi connectivity index (χ2v) is 6.77. The number of aryl methyl sites for hydroxylation is 1. The van der Waals surface area contributed by atoms with E-state index in [1.54, 1.807) is 11.0 Å². The Hall–Kier alpha value is -2.37. The summed E-state index contributed by atoms with van der Waals surface area (Å²) in [7, 11) is 1.87. The van der Waals surface area contributed by atoms with Crippen molar-refractivity contribution < 1.29 is 4.79 Å². The third-order valence-electron chi connectivity index (χ3n) is 5.01. The summed E-state index contributed by atoms with van der Waals surface area (Å²) in [4.78, 5) is 19.3. The van der Waals surface area contributed by atoms with Crippen molar-refractivity contribution >= 4 is 11.6 Å². The molecular formula is C18H23N5O. The Bertz CT molecular complexity index is 713. The van der Waals surface area contributed by atoms with Crippen LogP contribution in [0.2, 0.25) is 0 Å². The van der Waals surface area contributed by atoms with Gasteiger partial charge in [-0.2, -0.15) is 5.10 Å². The molecule has 1 aromatic heterocycles. The van der Waals surface area contributed by atoms with Crippen LogP contribution in [-0.4, -0.2) is 33.8 Å². The van der Waals surface area contributed by atoms with Gasteiger partial charge >= 0.3 is 0 Å². The average Bonchev–Trinajstić information content (AvgIpc) is 3.12. The van der Waals surface area contributed by atoms with Crippen LogP contribution in [0.3, 0.4) is 0 Å². The van der Waals surface area contributed by atoms with Crippen LogP contribution in [-0.2, 0) is 7.05 Å². The first-order chi connectivity index (χ1) is 11.7. The largest absolute Gasteiger partial charge is 0.372 e. The van der Waals surface area contributed by atoms with Gasteiger partial charge in [0.05, 0.1) is 6.04 Å². The van der Waals surface area contributed by atoms with E-state index in [4.69, 9.17) is 0 Å². The summed E-state index contributed by atoms with van der Waals surface area (Å²) >= 11 is 0. The number of rotatable bonds is 5. The molecule has 1 N–H and O–H groups in total. The molecule has 6 nitrogen and oxygen atoms in total. The Labute approximate surface area is 141 Å². The lowest BCUT2D eigenvalue weighted by atomic mass is 10.1. The average molecular weight is 325 g/mol. The fourth-order valence-corrected chi connectivity index (χ4v) is 3.43. The van der Waals surface area contributed by atoms with Crippen molar-refractivity contribution in [1.29, 1.82) is 0 Å². The Kier molecular flexibility index (Phi) is 3.96. The number of anilines is 1. The van der Waals surface area contributed by atoms with Gasteiger partial charge < -0.3 is 10.2 Å². The molecule has 126 valence electrons. The number of carbonyl (C=O) groups is 1. The molecule has 1 atom stereocenters. The summed E-state index contributed by atoms with van der Waals surface area (Å²) < 4.78 is 1.75. The quantitative estimate of drug-likeness (QED) is 0.916. The van der Waals surface area contributed by atoms with Crippen LogP contribution < -0.4 is 10.2 Å². The second kappa shape index (κ2) is 6.26. The molecule has 0 unspecified atom stereocenters. The van der Waals surface area contributed by atoms with Crippen LogP contribution in [0.1, 0.15) is 47.9 Å². The molecule has 4 rings (SSSR count). The Morgan fingerprint density at radius 1 is 1.21 bits per heavy atom. The van der Waals surface area contributed by atoms with Crippen molar-refractivity contribution in [3.63, 3.8) is 0 Å². The summed E-state index contributed by atoms with van der Waals surface area (Å²) in [5, 5.41) is 7.28. The molecule has 2 aromatic rings. The zero-order valence-electron chi connectivity index (χ0n) is 14.0. The van der Waals surface area contributed by atoms with E-state index in [-0.39, 0.29) is 11.9 Å². The zero-order chi connectivity index (χ0) is 16.5. The molecule has 1 saturated heterocycles. The van der Waals surface area contributed by atoms with E-state index in [0.717, 1.165) is 31.8 Å². The lowest BCUT2D eigenvalue weighted by Gasteiger charge is -2.19. The highest BCUT2D eigenvalue weighted by Gasteiger charge is 2.36. The van der Waals surface area contributed by atoms with Gasteiger partial charge in [0.1, 0.15) is 12.2 Å². The molecule has 24 heavy (non-hydrogen) atoms. The van der Waals surface area contributed by atoms with Crippen LogP contribution in [0, 0.1) is 5.92 Å². The molecule has 2 heterocycles. The molecular weight excluding hydrogens is 302 g/mol. The van der Waals surface area contributed by atoms with Crippen molar-refractivity contribution in [2.24, 2.45) is 13.0 Å². The number of nitrogens with zero attached hydrogens (tertiary/aromatic N) is 4. The lowest BCUT2D eigenvalue weighted by Crippen LogP contribution is -2.31. The van der Waals surface area contributed by atoms with E-state index in [1.807, 2.05) is 19.2 Å². The Morgan fingerprint density at radius 2 is 1.92 bits per heavy atom. The molecule has 2 aliphatic rings. The van der Waals surface area contributed by atoms with Crippen molar-refractivity contribution in [2.45, 2.75) is 31.7 Å². The summed E-state index contributed by atoms with van der Waals surface area (Å²) in [5.41, 5.74) is 1.90. The van der Waals surface area contributed by atoms with Gasteiger partial charge in [-0.3, -0.25) is 9.48 Å². The van der Waals surface area contributed by atoms with Crippen molar-refractivity contribution in [1.82, 2.24) is 20.1 Å². The maximum Gasteiger partial charge on any atom is 0.251 e. The minimum atomic E-state index is -0.0525. The molecule has 1 amide bonds. The number of aromatic nitrogens is 3. The smallest absolute Gasteiger partial charge is 0.251 e. The van der Waals surface area contributed by atoms with E-state index in [9.17, 15) is 4.79 Å². The van der Waals surface area contributed by atoms with Gasteiger partial charge in [0, 0.05) is 31.4 Å². The molecule has 2 fully saturated rings. The molecule has 6 heteroatoms. The first-order valence-corrected chi connectivity index (χ1v) is 8.72. The molecule has 0 spiro atoms. The summed E-state index contributed by atoms with van der Waals surface area (Å²) in [6.45, 7) is 2.23. The van der Waals surface area contributed by atoms with Crippen LogP contribution in [0.25, 0.3) is 0 Å². The van der Waals surface area contributed by atoms with Gasteiger partial charge in [-0.25, -0.2) is 4.98 Å². The lowest BCUT2D eigenvalue weighted by molar-refractivity contribution is 0.0929. The maximum absolute atomic E-state index is 12.6. The van der Waals surface area contributed by atoms with Crippen LogP contribution in [0.4, 0.5) is 5.69 Å². The van der Waals surface area contributed by atoms with E-state index in [0.29, 0.717) is 11.5 Å². The second-order valence-electron chi connectivity index (χ2n) is 6.77. The van der Waals surface area contributed by atoms with Crippen molar-refractivity contribution in [2.75, 3.05) is 18.0 Å². The Balaban J connectivity index is 1.47. The van der Waals surface area contributed by atoms with Gasteiger partial charge in [0.2, 0.25) is 0 Å². The topological polar surface area (TPSA) is 63.1 Å². The summed E-state index contributed by atoms with van der Waals surface area (Å²) in [6.07, 6.45) is 6.31. The number of nitrogens with one attached hydrogen (secondary N) is 1. The minimum absolute atomic E-state index is 0.0390. The molecule has 0 radical (unpaired) electrons. The van der Waals surface area contributed by atoms with Gasteiger partial charge in [0.25, 0.3) is 5.91 Å². The summed E-state index contributed by atoms with van der Waals surface area (Å²) in [6, 6.07) is 7.89. The third kappa shape index (κ3) is 3.00. The molecule has 1 aromatic carbocycles. The molecule has 1 aliphatic heterocycles. The van der Waals surface area contributed by atoms with Gasteiger partial charge in [0.15, 0.2) is 0 Å². The standard InChI is InChI=1S/C18H23N5O/c1-22-17(19-12-20-22)16(13-4-5-13)21-18(24)14-6-8-15(9-7-14)23-10-2-3-11-23/h6-9,12-13,16H,2-5,10-11H2,1H3,(H,21,24)/t16-/m1/s1. The van der Waals surface area contributed by atoms with Gasteiger partial charge in [-0.05, 0) is 55.9 Å². The SMILES string of the molecule is Cn1ncnc1[C@H](NC(=O)c1ccc(N2CCCC2)cc1)C1CC1. The van der Waals surface area contributed by atoms with Crippen molar-refractivity contribution in [3.05, 3.63) is 42.0 Å². The first-order valence-electron chi connectivity index (χ1n) is 8.72. The van der Waals surface area contributed by atoms with Crippen LogP contribution in [0.5, 0.6) is 0 Å². The molecule has 1 aliphatic carbocycles. The van der Waals surface area contributed by atoms with E-state index < -0.39 is 0 Å². The monoisotopic (exact) mass is 325 g/mol. The van der Waals surface area contributed by atoms with E-state index in [2.05, 4.69) is 32.4 Å². The predicted molar refractivity (Wildman–Crippen MR) is 91.8 cm³/mol. The number of benzene rings is 1. The van der Waals surface area contributed by atoms with Crippen LogP contribution >= 0.6 is 0 Å². The van der Waals surface area contributed by atoms with E-state index >= 15 is 0 Å². The number of amides is 1. The highest BCUT2D eigenvalue weighted by Crippen LogP contribution is 2.40. The van der Waals surface area contributed by atoms with Crippen molar-refractivity contribution in [3.8, 4) is 0 Å². The molecule has 0 bridgehead atoms. The van der Waals surface area contributed by atoms with E-state index in [1.165, 1.54) is 18.5 Å². The minimum Gasteiger partial charge on any atom is -0.372 e. The fourth-order valence-electron chi connectivity index (χ4n) is 3.43. The van der Waals surface area contributed by atoms with Crippen LogP contribution in [0.15, 0.2) is 30.6 Å². The third-order valence-corrected chi connectivity index (χ3v) is 5.01. The van der Waals surface area contributed by atoms with Gasteiger partial charge in [-0.15, -0.1) is 0 Å². The Morgan fingerprint density at radius 3 is 2.50 bits per heavy atom. The number of hydrogen-bond acceptors (Lipinski definition) is 4. The molecule has 1 saturated carbocycles. The fraction of sp³-hybridized carbons (Fsp3) is 0.500. The normalized spacial score (nSPS) is 18.6. The first kappa shape index (κ1) is 15.2. The predicted octanol–water partition coefficient (Wildman–Crippen LogP) is 2.30. The number of hydrogen-bond donors (Lipinski definition) is 1. The number of carbonyl (C=O) groups excluding carboxylic acids is 1. The van der Waals surface area contributed by atoms with Gasteiger partial charge in [-0.1, -0.05) is 0 Å². The highest BCUT2D eigenvalue weighted by molar-refractivity contribution is 5.94. The highest BCUT2D eigenvalue weighted by atomic mass is 16.1.